The molecule has 1 aliphatic rings. The van der Waals surface area contributed by atoms with Gasteiger partial charge >= 0.3 is 5.97 Å². The highest BCUT2D eigenvalue weighted by Gasteiger charge is 2.00. The Kier molecular flexibility index (Phi) is 6.31. The van der Waals surface area contributed by atoms with Gasteiger partial charge in [-0.05, 0) is 12.1 Å². The van der Waals surface area contributed by atoms with Crippen LogP contribution in [0.4, 0.5) is 0 Å². The molecule has 2 rings (SSSR count). The summed E-state index contributed by atoms with van der Waals surface area (Å²) in [5.41, 5.74) is 0.588. The van der Waals surface area contributed by atoms with Crippen LogP contribution in [0.2, 0.25) is 0 Å². The van der Waals surface area contributed by atoms with Gasteiger partial charge in [0.05, 0.1) is 12.7 Å². The van der Waals surface area contributed by atoms with Crippen LogP contribution in [0.5, 0.6) is 0 Å². The standard InChI is InChI=1S/C8H8O2.C6H12/c1-10-8(9)7-5-3-2-4-6-7;1-2-4-6-5-3-1/h2-6H,1H3;1-6H2. The number of carbonyl (C=O) groups is 1. The van der Waals surface area contributed by atoms with Gasteiger partial charge in [0, 0.05) is 0 Å². The van der Waals surface area contributed by atoms with Gasteiger partial charge in [-0.3, -0.25) is 0 Å². The molecule has 16 heavy (non-hydrogen) atoms. The Balaban J connectivity index is 0.000000181. The quantitative estimate of drug-likeness (QED) is 0.673. The van der Waals surface area contributed by atoms with Gasteiger partial charge in [-0.25, -0.2) is 4.79 Å². The molecule has 0 atom stereocenters. The molecule has 1 aromatic carbocycles. The Bertz CT molecular complexity index is 277. The Morgan fingerprint density at radius 1 is 0.938 bits per heavy atom. The molecule has 0 N–H and O–H groups in total. The fraction of sp³-hybridized carbons (Fsp3) is 0.500. The molecule has 0 heterocycles. The van der Waals surface area contributed by atoms with Gasteiger partial charge in [0.15, 0.2) is 0 Å². The van der Waals surface area contributed by atoms with Gasteiger partial charge in [0.25, 0.3) is 0 Å². The SMILES string of the molecule is C1CCCCC1.COC(=O)c1ccccc1. The minimum Gasteiger partial charge on any atom is -0.465 e. The Labute approximate surface area is 97.6 Å². The van der Waals surface area contributed by atoms with E-state index in [1.165, 1.54) is 45.6 Å². The van der Waals surface area contributed by atoms with Crippen molar-refractivity contribution in [2.24, 2.45) is 0 Å². The van der Waals surface area contributed by atoms with E-state index in [2.05, 4.69) is 4.74 Å². The van der Waals surface area contributed by atoms with Crippen molar-refractivity contribution in [2.45, 2.75) is 38.5 Å². The summed E-state index contributed by atoms with van der Waals surface area (Å²) in [6.07, 6.45) is 9.00. The highest BCUT2D eigenvalue weighted by atomic mass is 16.5. The van der Waals surface area contributed by atoms with Crippen molar-refractivity contribution >= 4 is 5.97 Å². The van der Waals surface area contributed by atoms with Crippen LogP contribution in [0.1, 0.15) is 48.9 Å². The number of rotatable bonds is 1. The number of benzene rings is 1. The van der Waals surface area contributed by atoms with Crippen molar-refractivity contribution < 1.29 is 9.53 Å². The maximum absolute atomic E-state index is 10.8. The van der Waals surface area contributed by atoms with E-state index in [0.717, 1.165) is 0 Å². The lowest BCUT2D eigenvalue weighted by atomic mass is 10.0. The predicted octanol–water partition coefficient (Wildman–Crippen LogP) is 3.81. The molecule has 1 aliphatic carbocycles. The molecule has 0 radical (unpaired) electrons. The van der Waals surface area contributed by atoms with E-state index in [-0.39, 0.29) is 5.97 Å². The second-order valence-electron chi connectivity index (χ2n) is 3.98. The van der Waals surface area contributed by atoms with E-state index >= 15 is 0 Å². The molecule has 1 fully saturated rings. The zero-order valence-corrected chi connectivity index (χ0v) is 9.95. The molecule has 1 aromatic rings. The first-order chi connectivity index (χ1) is 7.84. The number of carbonyl (C=O) groups excluding carboxylic acids is 1. The Hall–Kier alpha value is -1.31. The van der Waals surface area contributed by atoms with E-state index in [1.54, 1.807) is 24.3 Å². The minimum absolute atomic E-state index is 0.291. The predicted molar refractivity (Wildman–Crippen MR) is 65.5 cm³/mol. The molecule has 1 saturated carbocycles. The second kappa shape index (κ2) is 7.91. The van der Waals surface area contributed by atoms with Crippen LogP contribution in [-0.4, -0.2) is 13.1 Å². The van der Waals surface area contributed by atoms with Gasteiger partial charge in [0.1, 0.15) is 0 Å². The van der Waals surface area contributed by atoms with Crippen LogP contribution in [0.3, 0.4) is 0 Å². The molecule has 0 aliphatic heterocycles. The van der Waals surface area contributed by atoms with Crippen molar-refractivity contribution in [3.05, 3.63) is 35.9 Å². The molecule has 0 unspecified atom stereocenters. The average molecular weight is 220 g/mol. The van der Waals surface area contributed by atoms with Gasteiger partial charge in [0.2, 0.25) is 0 Å². The Morgan fingerprint density at radius 2 is 1.38 bits per heavy atom. The van der Waals surface area contributed by atoms with Crippen molar-refractivity contribution in [3.8, 4) is 0 Å². The first-order valence-corrected chi connectivity index (χ1v) is 5.98. The first-order valence-electron chi connectivity index (χ1n) is 5.98. The molecule has 0 aromatic heterocycles. The first kappa shape index (κ1) is 12.8. The van der Waals surface area contributed by atoms with Crippen LogP contribution in [-0.2, 0) is 4.74 Å². The van der Waals surface area contributed by atoms with Gasteiger partial charge in [-0.2, -0.15) is 0 Å². The third-order valence-corrected chi connectivity index (χ3v) is 2.69. The topological polar surface area (TPSA) is 26.3 Å². The lowest BCUT2D eigenvalue weighted by Crippen LogP contribution is -1.99. The van der Waals surface area contributed by atoms with Gasteiger partial charge in [-0.15, -0.1) is 0 Å². The number of hydrogen-bond donors (Lipinski definition) is 0. The number of methoxy groups -OCH3 is 1. The number of esters is 1. The van der Waals surface area contributed by atoms with Gasteiger partial charge < -0.3 is 4.74 Å². The second-order valence-corrected chi connectivity index (χ2v) is 3.98. The summed E-state index contributed by atoms with van der Waals surface area (Å²) in [7, 11) is 1.37. The maximum atomic E-state index is 10.8. The summed E-state index contributed by atoms with van der Waals surface area (Å²) >= 11 is 0. The largest absolute Gasteiger partial charge is 0.465 e. The monoisotopic (exact) mass is 220 g/mol. The summed E-state index contributed by atoms with van der Waals surface area (Å²) < 4.78 is 4.50. The Morgan fingerprint density at radius 3 is 1.75 bits per heavy atom. The lowest BCUT2D eigenvalue weighted by Gasteiger charge is -2.05. The van der Waals surface area contributed by atoms with Crippen molar-refractivity contribution in [3.63, 3.8) is 0 Å². The molecule has 0 saturated heterocycles. The smallest absolute Gasteiger partial charge is 0.337 e. The molecule has 2 nitrogen and oxygen atoms in total. The third kappa shape index (κ3) is 4.96. The van der Waals surface area contributed by atoms with E-state index in [0.29, 0.717) is 5.56 Å². The lowest BCUT2D eigenvalue weighted by molar-refractivity contribution is 0.0601. The molecule has 0 bridgehead atoms. The van der Waals surface area contributed by atoms with E-state index in [1.807, 2.05) is 6.07 Å². The van der Waals surface area contributed by atoms with Gasteiger partial charge in [-0.1, -0.05) is 56.7 Å². The van der Waals surface area contributed by atoms with Crippen LogP contribution in [0.15, 0.2) is 30.3 Å². The summed E-state index contributed by atoms with van der Waals surface area (Å²) in [5.74, 6) is -0.291. The fourth-order valence-electron chi connectivity index (χ4n) is 1.75. The van der Waals surface area contributed by atoms with Crippen LogP contribution in [0, 0.1) is 0 Å². The molecular formula is C14H20O2. The highest BCUT2D eigenvalue weighted by molar-refractivity contribution is 5.89. The zero-order valence-electron chi connectivity index (χ0n) is 9.95. The van der Waals surface area contributed by atoms with Crippen LogP contribution < -0.4 is 0 Å². The normalized spacial score (nSPS) is 14.6. The summed E-state index contributed by atoms with van der Waals surface area (Å²) in [6.45, 7) is 0. The van der Waals surface area contributed by atoms with Crippen molar-refractivity contribution in [2.75, 3.05) is 7.11 Å². The number of hydrogen-bond acceptors (Lipinski definition) is 2. The molecule has 2 heteroatoms. The molecular weight excluding hydrogens is 200 g/mol. The fourth-order valence-corrected chi connectivity index (χ4v) is 1.75. The van der Waals surface area contributed by atoms with Crippen molar-refractivity contribution in [1.29, 1.82) is 0 Å². The minimum atomic E-state index is -0.291. The highest BCUT2D eigenvalue weighted by Crippen LogP contribution is 2.15. The van der Waals surface area contributed by atoms with E-state index < -0.39 is 0 Å². The average Bonchev–Trinajstić information content (AvgIpc) is 2.41. The summed E-state index contributed by atoms with van der Waals surface area (Å²) in [6, 6.07) is 8.88. The number of ether oxygens (including phenoxy) is 1. The molecule has 0 amide bonds. The van der Waals surface area contributed by atoms with Crippen molar-refractivity contribution in [1.82, 2.24) is 0 Å². The van der Waals surface area contributed by atoms with Crippen LogP contribution in [0.25, 0.3) is 0 Å². The maximum Gasteiger partial charge on any atom is 0.337 e. The zero-order chi connectivity index (χ0) is 11.6. The molecule has 0 spiro atoms. The van der Waals surface area contributed by atoms with E-state index in [9.17, 15) is 4.79 Å². The van der Waals surface area contributed by atoms with E-state index in [4.69, 9.17) is 0 Å². The molecule has 88 valence electrons. The summed E-state index contributed by atoms with van der Waals surface area (Å²) in [5, 5.41) is 0. The van der Waals surface area contributed by atoms with Crippen LogP contribution >= 0.6 is 0 Å². The third-order valence-electron chi connectivity index (χ3n) is 2.69. The summed E-state index contributed by atoms with van der Waals surface area (Å²) in [4.78, 5) is 10.8.